The minimum atomic E-state index is 0.155. The lowest BCUT2D eigenvalue weighted by atomic mass is 9.79. The maximum absolute atomic E-state index is 5.62. The van der Waals surface area contributed by atoms with Gasteiger partial charge in [-0.1, -0.05) is 0 Å². The van der Waals surface area contributed by atoms with Crippen LogP contribution in [0.3, 0.4) is 0 Å². The van der Waals surface area contributed by atoms with Crippen LogP contribution in [0, 0.1) is 0 Å². The second-order valence-corrected chi connectivity index (χ2v) is 12.9. The highest BCUT2D eigenvalue weighted by Crippen LogP contribution is 2.36. The van der Waals surface area contributed by atoms with Crippen molar-refractivity contribution >= 4 is 11.8 Å². The molecule has 0 spiro atoms. The van der Waals surface area contributed by atoms with Crippen molar-refractivity contribution in [2.24, 2.45) is 0 Å². The lowest BCUT2D eigenvalue weighted by Gasteiger charge is -2.49. The Morgan fingerprint density at radius 2 is 1.42 bits per heavy atom. The molecule has 8 heteroatoms. The summed E-state index contributed by atoms with van der Waals surface area (Å²) in [6.45, 7) is 21.6. The van der Waals surface area contributed by atoms with E-state index in [0.29, 0.717) is 0 Å². The van der Waals surface area contributed by atoms with E-state index in [4.69, 9.17) is 4.74 Å². The van der Waals surface area contributed by atoms with Crippen molar-refractivity contribution in [2.45, 2.75) is 90.0 Å². The molecule has 0 aromatic carbocycles. The molecule has 0 N–H and O–H groups in total. The van der Waals surface area contributed by atoms with Crippen molar-refractivity contribution < 1.29 is 4.74 Å². The molecule has 0 amide bonds. The van der Waals surface area contributed by atoms with Gasteiger partial charge in [0.2, 0.25) is 0 Å². The summed E-state index contributed by atoms with van der Waals surface area (Å²) in [5.41, 5.74) is 0.627. The molecule has 0 aliphatic carbocycles. The number of hydrogen-bond acceptors (Lipinski definition) is 7. The smallest absolute Gasteiger partial charge is 0.147 e. The SMILES string of the molecule is CC(C)(CCC(C)(CCC(C)(C)N1CCn2cnnc2C1)N1CCSCC1)N1CCOCC1. The zero-order valence-corrected chi connectivity index (χ0v) is 22.5. The van der Waals surface area contributed by atoms with Gasteiger partial charge < -0.3 is 9.30 Å². The van der Waals surface area contributed by atoms with E-state index in [1.165, 1.54) is 50.3 Å². The second kappa shape index (κ2) is 10.5. The Labute approximate surface area is 205 Å². The Morgan fingerprint density at radius 3 is 2.09 bits per heavy atom. The highest BCUT2D eigenvalue weighted by Gasteiger charge is 2.39. The van der Waals surface area contributed by atoms with Crippen LogP contribution < -0.4 is 0 Å². The Balaban J connectivity index is 1.41. The van der Waals surface area contributed by atoms with Crippen LogP contribution in [0.4, 0.5) is 0 Å². The molecule has 1 aromatic rings. The number of rotatable bonds is 9. The lowest BCUT2D eigenvalue weighted by molar-refractivity contribution is -0.0218. The summed E-state index contributed by atoms with van der Waals surface area (Å²) in [5, 5.41) is 8.47. The maximum Gasteiger partial charge on any atom is 0.147 e. The summed E-state index contributed by atoms with van der Waals surface area (Å²) in [7, 11) is 0. The number of ether oxygens (including phenoxy) is 1. The van der Waals surface area contributed by atoms with E-state index in [-0.39, 0.29) is 16.6 Å². The molecule has 0 bridgehead atoms. The normalized spacial score (nSPS) is 23.9. The standard InChI is InChI=1S/C25H46N6OS/c1-23(2,29-12-16-32-17-13-29)6-8-25(5,30-14-18-33-19-15-30)9-7-24(3,4)31-11-10-28-21-26-27-22(28)20-31/h21H,6-20H2,1-5H3. The average Bonchev–Trinajstić information content (AvgIpc) is 3.31. The molecule has 1 atom stereocenters. The summed E-state index contributed by atoms with van der Waals surface area (Å²) in [6.07, 6.45) is 6.82. The molecule has 33 heavy (non-hydrogen) atoms. The molecule has 4 heterocycles. The van der Waals surface area contributed by atoms with E-state index in [1.54, 1.807) is 0 Å². The van der Waals surface area contributed by atoms with Gasteiger partial charge in [-0.15, -0.1) is 10.2 Å². The third-order valence-electron chi connectivity index (χ3n) is 8.69. The Kier molecular flexibility index (Phi) is 8.11. The van der Waals surface area contributed by atoms with Crippen molar-refractivity contribution in [1.29, 1.82) is 0 Å². The van der Waals surface area contributed by atoms with Gasteiger partial charge in [0.05, 0.1) is 19.8 Å². The van der Waals surface area contributed by atoms with Gasteiger partial charge in [-0.2, -0.15) is 11.8 Å². The fourth-order valence-electron chi connectivity index (χ4n) is 5.76. The maximum atomic E-state index is 5.62. The van der Waals surface area contributed by atoms with Crippen molar-refractivity contribution in [3.8, 4) is 0 Å². The molecule has 2 fully saturated rings. The van der Waals surface area contributed by atoms with E-state index in [9.17, 15) is 0 Å². The molecule has 0 saturated carbocycles. The van der Waals surface area contributed by atoms with Crippen molar-refractivity contribution in [3.05, 3.63) is 12.2 Å². The number of thioether (sulfide) groups is 1. The highest BCUT2D eigenvalue weighted by molar-refractivity contribution is 7.99. The predicted molar refractivity (Wildman–Crippen MR) is 137 cm³/mol. The number of aromatic nitrogens is 3. The van der Waals surface area contributed by atoms with Crippen LogP contribution in [0.25, 0.3) is 0 Å². The fraction of sp³-hybridized carbons (Fsp3) is 0.920. The van der Waals surface area contributed by atoms with Gasteiger partial charge in [0.15, 0.2) is 0 Å². The van der Waals surface area contributed by atoms with Crippen molar-refractivity contribution in [2.75, 3.05) is 57.4 Å². The topological polar surface area (TPSA) is 49.7 Å². The second-order valence-electron chi connectivity index (χ2n) is 11.7. The highest BCUT2D eigenvalue weighted by atomic mass is 32.2. The van der Waals surface area contributed by atoms with E-state index in [0.717, 1.165) is 51.8 Å². The Hall–Kier alpha value is -0.670. The molecular weight excluding hydrogens is 432 g/mol. The molecule has 7 nitrogen and oxygen atoms in total. The molecule has 3 aliphatic heterocycles. The van der Waals surface area contributed by atoms with Crippen LogP contribution in [-0.2, 0) is 17.8 Å². The minimum absolute atomic E-state index is 0.155. The van der Waals surface area contributed by atoms with Crippen LogP contribution in [0.2, 0.25) is 0 Å². The molecule has 2 saturated heterocycles. The number of fused-ring (bicyclic) bond motifs is 1. The number of hydrogen-bond donors (Lipinski definition) is 0. The van der Waals surface area contributed by atoms with E-state index in [2.05, 4.69) is 75.8 Å². The predicted octanol–water partition coefficient (Wildman–Crippen LogP) is 3.35. The Morgan fingerprint density at radius 1 is 0.788 bits per heavy atom. The van der Waals surface area contributed by atoms with Crippen LogP contribution in [-0.4, -0.2) is 104 Å². The zero-order valence-electron chi connectivity index (χ0n) is 21.7. The van der Waals surface area contributed by atoms with Gasteiger partial charge >= 0.3 is 0 Å². The van der Waals surface area contributed by atoms with E-state index < -0.39 is 0 Å². The first-order chi connectivity index (χ1) is 15.7. The largest absolute Gasteiger partial charge is 0.379 e. The number of nitrogens with zero attached hydrogens (tertiary/aromatic N) is 6. The number of morpholine rings is 1. The fourth-order valence-corrected chi connectivity index (χ4v) is 6.67. The molecule has 1 aromatic heterocycles. The minimum Gasteiger partial charge on any atom is -0.379 e. The molecule has 188 valence electrons. The zero-order chi connectivity index (χ0) is 23.5. The van der Waals surface area contributed by atoms with E-state index in [1.807, 2.05) is 6.33 Å². The summed E-state index contributed by atoms with van der Waals surface area (Å²) in [5.74, 6) is 3.65. The molecule has 0 radical (unpaired) electrons. The quantitative estimate of drug-likeness (QED) is 0.539. The summed E-state index contributed by atoms with van der Waals surface area (Å²) in [6, 6.07) is 0. The van der Waals surface area contributed by atoms with Gasteiger partial charge in [-0.3, -0.25) is 14.7 Å². The van der Waals surface area contributed by atoms with Crippen molar-refractivity contribution in [1.82, 2.24) is 29.5 Å². The van der Waals surface area contributed by atoms with Crippen molar-refractivity contribution in [3.63, 3.8) is 0 Å². The molecule has 4 rings (SSSR count). The van der Waals surface area contributed by atoms with Gasteiger partial charge in [0.25, 0.3) is 0 Å². The first kappa shape index (κ1) is 25.4. The van der Waals surface area contributed by atoms with Crippen LogP contribution >= 0.6 is 11.8 Å². The average molecular weight is 479 g/mol. The monoisotopic (exact) mass is 478 g/mol. The van der Waals surface area contributed by atoms with Crippen LogP contribution in [0.1, 0.15) is 66.1 Å². The Bertz CT molecular complexity index is 756. The third kappa shape index (κ3) is 6.13. The van der Waals surface area contributed by atoms with Gasteiger partial charge in [-0.25, -0.2) is 0 Å². The summed E-state index contributed by atoms with van der Waals surface area (Å²) >= 11 is 2.11. The molecule has 1 unspecified atom stereocenters. The molecule has 3 aliphatic rings. The lowest BCUT2D eigenvalue weighted by Crippen LogP contribution is -2.55. The van der Waals surface area contributed by atoms with Crippen LogP contribution in [0.15, 0.2) is 6.33 Å². The third-order valence-corrected chi connectivity index (χ3v) is 9.63. The first-order valence-electron chi connectivity index (χ1n) is 13.0. The first-order valence-corrected chi connectivity index (χ1v) is 14.1. The molecular formula is C25H46N6OS. The van der Waals surface area contributed by atoms with Gasteiger partial charge in [0.1, 0.15) is 12.2 Å². The van der Waals surface area contributed by atoms with Crippen LogP contribution in [0.5, 0.6) is 0 Å². The van der Waals surface area contributed by atoms with Gasteiger partial charge in [0, 0.05) is 67.4 Å². The summed E-state index contributed by atoms with van der Waals surface area (Å²) in [4.78, 5) is 8.10. The van der Waals surface area contributed by atoms with E-state index >= 15 is 0 Å². The summed E-state index contributed by atoms with van der Waals surface area (Å²) < 4.78 is 7.82. The van der Waals surface area contributed by atoms with Gasteiger partial charge in [-0.05, 0) is 60.3 Å².